The minimum absolute atomic E-state index is 0.0277. The second-order valence-corrected chi connectivity index (χ2v) is 7.38. The Morgan fingerprint density at radius 3 is 2.21 bits per heavy atom. The van der Waals surface area contributed by atoms with E-state index in [1.807, 2.05) is 0 Å². The lowest BCUT2D eigenvalue weighted by molar-refractivity contribution is -0.136. The third kappa shape index (κ3) is 7.14. The number of carbonyl (C=O) groups is 3. The Bertz CT molecular complexity index is 1190. The van der Waals surface area contributed by atoms with Crippen molar-refractivity contribution in [3.63, 3.8) is 0 Å². The number of hydrogen-bond donors (Lipinski definition) is 3. The first-order chi connectivity index (χ1) is 16.3. The lowest BCUT2D eigenvalue weighted by Gasteiger charge is -2.09. The Kier molecular flexibility index (Phi) is 8.31. The molecule has 34 heavy (non-hydrogen) atoms. The average molecular weight is 483 g/mol. The van der Waals surface area contributed by atoms with Crippen LogP contribution in [0.25, 0.3) is 0 Å². The third-order valence-corrected chi connectivity index (χ3v) is 4.73. The molecule has 0 atom stereocenters. The van der Waals surface area contributed by atoms with Crippen LogP contribution >= 0.6 is 11.6 Å². The predicted octanol–water partition coefficient (Wildman–Crippen LogP) is 4.11. The summed E-state index contributed by atoms with van der Waals surface area (Å²) in [6.07, 6.45) is 1.35. The van der Waals surface area contributed by atoms with Crippen LogP contribution in [0.3, 0.4) is 0 Å². The normalized spacial score (nSPS) is 10.6. The molecule has 8 nitrogen and oxygen atoms in total. The van der Waals surface area contributed by atoms with Crippen LogP contribution < -0.4 is 20.8 Å². The number of nitrogens with one attached hydrogen (secondary N) is 3. The maximum atomic E-state index is 13.8. The molecule has 0 aliphatic rings. The van der Waals surface area contributed by atoms with Gasteiger partial charge in [-0.25, -0.2) is 9.82 Å². The summed E-state index contributed by atoms with van der Waals surface area (Å²) in [6.45, 7) is 1.35. The number of rotatable bonds is 7. The number of benzene rings is 3. The van der Waals surface area contributed by atoms with Gasteiger partial charge in [-0.1, -0.05) is 17.7 Å². The zero-order valence-corrected chi connectivity index (χ0v) is 18.7. The van der Waals surface area contributed by atoms with Gasteiger partial charge < -0.3 is 15.4 Å². The van der Waals surface area contributed by atoms with Crippen LogP contribution in [0.5, 0.6) is 5.75 Å². The summed E-state index contributed by atoms with van der Waals surface area (Å²) >= 11 is 5.98. The minimum atomic E-state index is -0.955. The molecule has 0 fully saturated rings. The molecule has 0 aliphatic heterocycles. The van der Waals surface area contributed by atoms with Crippen LogP contribution in [-0.2, 0) is 21.0 Å². The van der Waals surface area contributed by atoms with Gasteiger partial charge in [0.1, 0.15) is 18.2 Å². The third-order valence-electron chi connectivity index (χ3n) is 4.37. The molecule has 174 valence electrons. The topological polar surface area (TPSA) is 109 Å². The molecule has 0 aromatic heterocycles. The Hall–Kier alpha value is -4.24. The molecular formula is C24H20ClFN4O4. The molecule has 0 aliphatic carbocycles. The van der Waals surface area contributed by atoms with E-state index in [2.05, 4.69) is 21.2 Å². The molecule has 3 aromatic rings. The van der Waals surface area contributed by atoms with E-state index in [0.717, 1.165) is 0 Å². The van der Waals surface area contributed by atoms with Crippen LogP contribution in [0.1, 0.15) is 18.1 Å². The van der Waals surface area contributed by atoms with E-state index in [1.54, 1.807) is 54.6 Å². The fourth-order valence-corrected chi connectivity index (χ4v) is 2.94. The lowest BCUT2D eigenvalue weighted by atomic mass is 10.2. The number of carbonyl (C=O) groups excluding carboxylic acids is 3. The molecule has 3 amide bonds. The van der Waals surface area contributed by atoms with Crippen molar-refractivity contribution in [2.24, 2.45) is 5.10 Å². The largest absolute Gasteiger partial charge is 0.489 e. The molecule has 0 radical (unpaired) electrons. The fourth-order valence-electron chi connectivity index (χ4n) is 2.72. The van der Waals surface area contributed by atoms with Gasteiger partial charge in [0.25, 0.3) is 0 Å². The highest BCUT2D eigenvalue weighted by atomic mass is 35.5. The second kappa shape index (κ2) is 11.6. The van der Waals surface area contributed by atoms with Gasteiger partial charge in [0, 0.05) is 23.9 Å². The predicted molar refractivity (Wildman–Crippen MR) is 127 cm³/mol. The number of anilines is 2. The van der Waals surface area contributed by atoms with Gasteiger partial charge in [-0.3, -0.25) is 14.4 Å². The lowest BCUT2D eigenvalue weighted by Crippen LogP contribution is -2.32. The van der Waals surface area contributed by atoms with Gasteiger partial charge >= 0.3 is 11.8 Å². The van der Waals surface area contributed by atoms with Gasteiger partial charge in [-0.05, 0) is 66.2 Å². The van der Waals surface area contributed by atoms with Gasteiger partial charge in [0.2, 0.25) is 5.91 Å². The van der Waals surface area contributed by atoms with Crippen molar-refractivity contribution < 1.29 is 23.5 Å². The first kappa shape index (κ1) is 24.4. The molecule has 0 unspecified atom stereocenters. The van der Waals surface area contributed by atoms with Crippen LogP contribution in [0.4, 0.5) is 15.8 Å². The zero-order valence-electron chi connectivity index (χ0n) is 18.0. The number of hydrazone groups is 1. The molecular weight excluding hydrogens is 463 g/mol. The van der Waals surface area contributed by atoms with Gasteiger partial charge in [0.05, 0.1) is 11.2 Å². The minimum Gasteiger partial charge on any atom is -0.489 e. The number of halogens is 2. The highest BCUT2D eigenvalue weighted by molar-refractivity contribution is 6.39. The summed E-state index contributed by atoms with van der Waals surface area (Å²) in [4.78, 5) is 34.9. The molecule has 0 saturated heterocycles. The quantitative estimate of drug-likeness (QED) is 0.267. The van der Waals surface area contributed by atoms with Gasteiger partial charge in [-0.2, -0.15) is 5.10 Å². The molecule has 3 rings (SSSR count). The smallest absolute Gasteiger partial charge is 0.329 e. The first-order valence-corrected chi connectivity index (χ1v) is 10.4. The van der Waals surface area contributed by atoms with E-state index in [-0.39, 0.29) is 23.1 Å². The summed E-state index contributed by atoms with van der Waals surface area (Å²) < 4.78 is 19.4. The van der Waals surface area contributed by atoms with Crippen molar-refractivity contribution in [2.45, 2.75) is 13.5 Å². The van der Waals surface area contributed by atoms with Crippen LogP contribution in [0.15, 0.2) is 71.8 Å². The van der Waals surface area contributed by atoms with Crippen molar-refractivity contribution in [2.75, 3.05) is 10.6 Å². The highest BCUT2D eigenvalue weighted by Crippen LogP contribution is 2.21. The van der Waals surface area contributed by atoms with E-state index in [0.29, 0.717) is 22.7 Å². The second-order valence-electron chi connectivity index (χ2n) is 6.97. The molecule has 0 spiro atoms. The molecule has 0 heterocycles. The van der Waals surface area contributed by atoms with E-state index < -0.39 is 17.6 Å². The standard InChI is InChI=1S/C24H20ClFN4O4/c1-15(31)28-17-7-9-18(10-8-17)29-23(32)24(33)30-27-13-16-5-11-19(12-6-16)34-14-20-21(25)3-2-4-22(20)26/h2-13H,14H2,1H3,(H,28,31)(H,29,32)(H,30,33)/b27-13+. The molecule has 3 aromatic carbocycles. The van der Waals surface area contributed by atoms with Crippen molar-refractivity contribution in [1.82, 2.24) is 5.43 Å². The Labute approximate surface area is 199 Å². The monoisotopic (exact) mass is 482 g/mol. The molecule has 0 saturated carbocycles. The van der Waals surface area contributed by atoms with Crippen molar-refractivity contribution in [3.05, 3.63) is 88.7 Å². The maximum absolute atomic E-state index is 13.8. The van der Waals surface area contributed by atoms with Crippen LogP contribution in [0, 0.1) is 5.82 Å². The average Bonchev–Trinajstić information content (AvgIpc) is 2.80. The zero-order chi connectivity index (χ0) is 24.5. The highest BCUT2D eigenvalue weighted by Gasteiger charge is 2.13. The Morgan fingerprint density at radius 2 is 1.59 bits per heavy atom. The summed E-state index contributed by atoms with van der Waals surface area (Å²) in [6, 6.07) is 17.3. The summed E-state index contributed by atoms with van der Waals surface area (Å²) in [5, 5.41) is 9.06. The van der Waals surface area contributed by atoms with Crippen molar-refractivity contribution >= 4 is 46.9 Å². The summed E-state index contributed by atoms with van der Waals surface area (Å²) in [7, 11) is 0. The SMILES string of the molecule is CC(=O)Nc1ccc(NC(=O)C(=O)N/N=C/c2ccc(OCc3c(F)cccc3Cl)cc2)cc1. The first-order valence-electron chi connectivity index (χ1n) is 9.99. The maximum Gasteiger partial charge on any atom is 0.329 e. The number of amides is 3. The summed E-state index contributed by atoms with van der Waals surface area (Å²) in [5.41, 5.74) is 3.97. The number of ether oxygens (including phenoxy) is 1. The fraction of sp³-hybridized carbons (Fsp3) is 0.0833. The van der Waals surface area contributed by atoms with E-state index >= 15 is 0 Å². The van der Waals surface area contributed by atoms with Gasteiger partial charge in [0.15, 0.2) is 0 Å². The van der Waals surface area contributed by atoms with Gasteiger partial charge in [-0.15, -0.1) is 0 Å². The summed E-state index contributed by atoms with van der Waals surface area (Å²) in [5.74, 6) is -2.03. The van der Waals surface area contributed by atoms with Crippen LogP contribution in [-0.4, -0.2) is 23.9 Å². The Morgan fingerprint density at radius 1 is 0.941 bits per heavy atom. The molecule has 0 bridgehead atoms. The molecule has 10 heteroatoms. The van der Waals surface area contributed by atoms with E-state index in [9.17, 15) is 18.8 Å². The number of nitrogens with zero attached hydrogens (tertiary/aromatic N) is 1. The van der Waals surface area contributed by atoms with Crippen LogP contribution in [0.2, 0.25) is 5.02 Å². The van der Waals surface area contributed by atoms with E-state index in [4.69, 9.17) is 16.3 Å². The number of hydrogen-bond acceptors (Lipinski definition) is 5. The molecule has 3 N–H and O–H groups in total. The van der Waals surface area contributed by atoms with Crippen molar-refractivity contribution in [3.8, 4) is 5.75 Å². The Balaban J connectivity index is 1.47. The van der Waals surface area contributed by atoms with Crippen molar-refractivity contribution in [1.29, 1.82) is 0 Å². The van der Waals surface area contributed by atoms with E-state index in [1.165, 1.54) is 25.3 Å².